The Morgan fingerprint density at radius 1 is 1.14 bits per heavy atom. The van der Waals surface area contributed by atoms with Gasteiger partial charge in [0.05, 0.1) is 11.6 Å². The van der Waals surface area contributed by atoms with Gasteiger partial charge < -0.3 is 36.2 Å². The number of allylic oxidation sites excluding steroid dienone is 1. The highest BCUT2D eigenvalue weighted by molar-refractivity contribution is 6.25. The number of nitrogens with two attached hydrogens (primary N) is 1. The molecule has 0 spiro atoms. The molecule has 7 N–H and O–H groups in total. The van der Waals surface area contributed by atoms with Gasteiger partial charge in [0.25, 0.3) is 5.91 Å². The van der Waals surface area contributed by atoms with Gasteiger partial charge >= 0.3 is 0 Å². The van der Waals surface area contributed by atoms with Gasteiger partial charge in [-0.1, -0.05) is 18.2 Å². The van der Waals surface area contributed by atoms with Crippen molar-refractivity contribution in [1.82, 2.24) is 4.90 Å². The highest BCUT2D eigenvalue weighted by Gasteiger charge is 2.63. The smallest absolute Gasteiger partial charge is 0.255 e. The van der Waals surface area contributed by atoms with Crippen LogP contribution in [0.1, 0.15) is 22.3 Å². The molecule has 0 aromatic heterocycles. The number of rotatable bonds is 6. The standard InChI is InChI=1S/C30H31N3O9/c1-33(2)24-18-11-14-10-17-16(13-5-4-6-15(9-13)32-20(35)12-42-3)7-8-19(34)22(17)25(36)21(14)27(38)30(18,41)28(39)23(26(24)37)29(31)40/h4-9,14,18,24,34,37-38,41H,10-12H2,1-3H3,(H2,31,40)(H,32,35)/t14-,18-,24-,30-/m0/s1. The molecule has 12 heteroatoms. The van der Waals surface area contributed by atoms with Crippen molar-refractivity contribution in [2.45, 2.75) is 24.5 Å². The Labute approximate surface area is 240 Å². The van der Waals surface area contributed by atoms with Crippen molar-refractivity contribution in [1.29, 1.82) is 0 Å². The molecule has 0 saturated heterocycles. The molecule has 3 aliphatic carbocycles. The van der Waals surface area contributed by atoms with Crippen molar-refractivity contribution in [3.8, 4) is 16.9 Å². The zero-order valence-electron chi connectivity index (χ0n) is 23.2. The Kier molecular flexibility index (Phi) is 7.17. The molecule has 2 aromatic carbocycles. The van der Waals surface area contributed by atoms with E-state index >= 15 is 0 Å². The Balaban J connectivity index is 1.65. The summed E-state index contributed by atoms with van der Waals surface area (Å²) in [4.78, 5) is 53.0. The van der Waals surface area contributed by atoms with E-state index in [2.05, 4.69) is 5.32 Å². The van der Waals surface area contributed by atoms with Crippen molar-refractivity contribution in [3.05, 3.63) is 70.2 Å². The van der Waals surface area contributed by atoms with Crippen molar-refractivity contribution in [2.24, 2.45) is 17.6 Å². The second-order valence-corrected chi connectivity index (χ2v) is 11.0. The molecule has 12 nitrogen and oxygen atoms in total. The van der Waals surface area contributed by atoms with E-state index in [1.165, 1.54) is 18.1 Å². The number of amides is 2. The summed E-state index contributed by atoms with van der Waals surface area (Å²) in [5, 5.41) is 47.6. The van der Waals surface area contributed by atoms with Crippen LogP contribution in [0.4, 0.5) is 5.69 Å². The summed E-state index contributed by atoms with van der Waals surface area (Å²) in [6, 6.07) is 8.81. The van der Waals surface area contributed by atoms with Gasteiger partial charge in [-0.3, -0.25) is 24.1 Å². The first kappa shape index (κ1) is 29.0. The third kappa shape index (κ3) is 4.26. The topological polar surface area (TPSA) is 200 Å². The summed E-state index contributed by atoms with van der Waals surface area (Å²) in [5.41, 5.74) is 3.69. The van der Waals surface area contributed by atoms with Crippen LogP contribution in [0.2, 0.25) is 0 Å². The molecule has 220 valence electrons. The molecule has 0 bridgehead atoms. The van der Waals surface area contributed by atoms with E-state index in [4.69, 9.17) is 10.5 Å². The van der Waals surface area contributed by atoms with Gasteiger partial charge in [-0.25, -0.2) is 0 Å². The van der Waals surface area contributed by atoms with Crippen LogP contribution in [-0.2, 0) is 25.5 Å². The average Bonchev–Trinajstić information content (AvgIpc) is 2.90. The first-order valence-corrected chi connectivity index (χ1v) is 13.2. The maximum Gasteiger partial charge on any atom is 0.255 e. The van der Waals surface area contributed by atoms with Crippen molar-refractivity contribution in [3.63, 3.8) is 0 Å². The number of likely N-dealkylation sites (N-methyl/N-ethyl adjacent to an activating group) is 1. The van der Waals surface area contributed by atoms with Crippen molar-refractivity contribution >= 4 is 29.1 Å². The first-order valence-electron chi connectivity index (χ1n) is 13.2. The minimum absolute atomic E-state index is 0.0199. The Bertz CT molecular complexity index is 1610. The van der Waals surface area contributed by atoms with E-state index in [1.54, 1.807) is 44.4 Å². The zero-order chi connectivity index (χ0) is 30.7. The molecular formula is C30H31N3O9. The van der Waals surface area contributed by atoms with Gasteiger partial charge in [-0.2, -0.15) is 0 Å². The van der Waals surface area contributed by atoms with Crippen LogP contribution < -0.4 is 11.1 Å². The third-order valence-corrected chi connectivity index (χ3v) is 8.34. The number of carbonyl (C=O) groups is 4. The minimum Gasteiger partial charge on any atom is -0.510 e. The zero-order valence-corrected chi connectivity index (χ0v) is 23.2. The molecule has 2 amide bonds. The fourth-order valence-electron chi connectivity index (χ4n) is 6.61. The number of fused-ring (bicyclic) bond motifs is 3. The average molecular weight is 578 g/mol. The monoisotopic (exact) mass is 577 g/mol. The molecule has 4 atom stereocenters. The molecule has 0 heterocycles. The Morgan fingerprint density at radius 3 is 2.50 bits per heavy atom. The van der Waals surface area contributed by atoms with E-state index in [0.29, 0.717) is 22.4 Å². The molecule has 0 unspecified atom stereocenters. The van der Waals surface area contributed by atoms with E-state index in [9.17, 15) is 39.6 Å². The quantitative estimate of drug-likeness (QED) is 0.273. The summed E-state index contributed by atoms with van der Waals surface area (Å²) < 4.78 is 4.86. The number of Topliss-reactive ketones (excluding diaryl/α,β-unsaturated/α-hetero) is 2. The third-order valence-electron chi connectivity index (χ3n) is 8.34. The van der Waals surface area contributed by atoms with Gasteiger partial charge in [-0.15, -0.1) is 0 Å². The SMILES string of the molecule is COCC(=O)Nc1cccc(-c2ccc(O)c3c2C[C@H]2C[C@H]4[C@H](N(C)C)C(O)=C(C(N)=O)C(=O)[C@@]4(O)C(O)=C2C3=O)c1. The Hall–Kier alpha value is -4.52. The van der Waals surface area contributed by atoms with Gasteiger partial charge in [0.2, 0.25) is 11.7 Å². The van der Waals surface area contributed by atoms with Gasteiger partial charge in [0.15, 0.2) is 11.4 Å². The van der Waals surface area contributed by atoms with Crippen LogP contribution in [0.15, 0.2) is 59.1 Å². The predicted octanol–water partition coefficient (Wildman–Crippen LogP) is 1.37. The van der Waals surface area contributed by atoms with Crippen LogP contribution in [-0.4, -0.2) is 88.2 Å². The lowest BCUT2D eigenvalue weighted by atomic mass is 9.58. The van der Waals surface area contributed by atoms with Crippen LogP contribution in [0.25, 0.3) is 11.1 Å². The number of aromatic hydroxyl groups is 1. The summed E-state index contributed by atoms with van der Waals surface area (Å²) in [6.45, 7) is -0.136. The summed E-state index contributed by atoms with van der Waals surface area (Å²) in [5.74, 6) is -7.43. The fourth-order valence-corrected chi connectivity index (χ4v) is 6.61. The number of ketones is 2. The number of nitrogens with one attached hydrogen (secondary N) is 1. The van der Waals surface area contributed by atoms with Crippen molar-refractivity contribution < 1.29 is 44.3 Å². The van der Waals surface area contributed by atoms with Crippen LogP contribution in [0.3, 0.4) is 0 Å². The lowest BCUT2D eigenvalue weighted by Crippen LogP contribution is -2.63. The molecule has 42 heavy (non-hydrogen) atoms. The number of carbonyl (C=O) groups excluding carboxylic acids is 4. The number of primary amides is 1. The number of methoxy groups -OCH3 is 1. The van der Waals surface area contributed by atoms with E-state index < -0.39 is 58.0 Å². The normalized spacial score (nSPS) is 25.2. The number of nitrogens with zero attached hydrogens (tertiary/aromatic N) is 1. The van der Waals surface area contributed by atoms with E-state index in [1.807, 2.05) is 0 Å². The number of aliphatic hydroxyl groups excluding tert-OH is 2. The molecular weight excluding hydrogens is 546 g/mol. The van der Waals surface area contributed by atoms with Gasteiger partial charge in [0, 0.05) is 24.3 Å². The summed E-state index contributed by atoms with van der Waals surface area (Å²) in [6.07, 6.45) is 0.118. The molecule has 0 fully saturated rings. The van der Waals surface area contributed by atoms with E-state index in [0.717, 1.165) is 0 Å². The van der Waals surface area contributed by atoms with Crippen LogP contribution in [0.5, 0.6) is 5.75 Å². The lowest BCUT2D eigenvalue weighted by Gasteiger charge is -2.50. The number of ether oxygens (including phenoxy) is 1. The van der Waals surface area contributed by atoms with Gasteiger partial charge in [0.1, 0.15) is 29.4 Å². The maximum absolute atomic E-state index is 13.9. The highest BCUT2D eigenvalue weighted by Crippen LogP contribution is 2.53. The second kappa shape index (κ2) is 10.4. The largest absolute Gasteiger partial charge is 0.510 e. The number of phenolic OH excluding ortho intramolecular Hbond substituents is 1. The predicted molar refractivity (Wildman–Crippen MR) is 150 cm³/mol. The number of anilines is 1. The van der Waals surface area contributed by atoms with Crippen LogP contribution >= 0.6 is 0 Å². The van der Waals surface area contributed by atoms with Crippen molar-refractivity contribution in [2.75, 3.05) is 33.1 Å². The second-order valence-electron chi connectivity index (χ2n) is 11.0. The molecule has 0 saturated carbocycles. The van der Waals surface area contributed by atoms with Crippen LogP contribution in [0, 0.1) is 11.8 Å². The maximum atomic E-state index is 13.9. The number of hydrogen-bond donors (Lipinski definition) is 6. The fraction of sp³-hybridized carbons (Fsp3) is 0.333. The van der Waals surface area contributed by atoms with E-state index in [-0.39, 0.29) is 42.2 Å². The minimum atomic E-state index is -2.70. The van der Waals surface area contributed by atoms with Gasteiger partial charge in [-0.05, 0) is 67.7 Å². The highest BCUT2D eigenvalue weighted by atomic mass is 16.5. The summed E-state index contributed by atoms with van der Waals surface area (Å²) in [7, 11) is 4.55. The Morgan fingerprint density at radius 2 is 1.86 bits per heavy atom. The molecule has 0 aliphatic heterocycles. The molecule has 3 aliphatic rings. The number of aliphatic hydroxyl groups is 3. The molecule has 0 radical (unpaired) electrons. The first-order chi connectivity index (χ1) is 19.8. The number of phenols is 1. The molecule has 2 aromatic rings. The number of hydrogen-bond acceptors (Lipinski definition) is 10. The lowest BCUT2D eigenvalue weighted by molar-refractivity contribution is -0.148. The molecule has 5 rings (SSSR count). The summed E-state index contributed by atoms with van der Waals surface area (Å²) >= 11 is 0. The number of benzene rings is 2.